The second-order valence-corrected chi connectivity index (χ2v) is 9.02. The summed E-state index contributed by atoms with van der Waals surface area (Å²) in [4.78, 5) is 30.6. The second kappa shape index (κ2) is 11.3. The van der Waals surface area contributed by atoms with Crippen LogP contribution < -0.4 is 10.9 Å². The van der Waals surface area contributed by atoms with Gasteiger partial charge in [0.05, 0.1) is 23.7 Å². The standard InChI is InChI=1S/C26H25F2N3O3S/c1-2-3-4-11-31-25(33)21-9-7-17(24(32)29-15-20-6-5-12-34-20)14-23(21)30-26(31)35-16-18-13-19(27)8-10-22(18)28/h5-10,12-14H,2-4,11,15-16H2,1H3,(H,29,32). The predicted octanol–water partition coefficient (Wildman–Crippen LogP) is 5.68. The summed E-state index contributed by atoms with van der Waals surface area (Å²) in [6.45, 7) is 2.77. The van der Waals surface area contributed by atoms with Crippen molar-refractivity contribution in [1.29, 1.82) is 0 Å². The van der Waals surface area contributed by atoms with Crippen LogP contribution in [0.25, 0.3) is 10.9 Å². The minimum absolute atomic E-state index is 0.110. The molecule has 0 radical (unpaired) electrons. The largest absolute Gasteiger partial charge is 0.467 e. The zero-order chi connectivity index (χ0) is 24.8. The molecule has 0 aliphatic carbocycles. The first-order valence-electron chi connectivity index (χ1n) is 11.4. The van der Waals surface area contributed by atoms with E-state index in [9.17, 15) is 18.4 Å². The molecule has 0 aliphatic heterocycles. The molecule has 0 fully saturated rings. The molecule has 0 spiro atoms. The average molecular weight is 498 g/mol. The molecule has 0 unspecified atom stereocenters. The number of fused-ring (bicyclic) bond motifs is 1. The molecular weight excluding hydrogens is 472 g/mol. The van der Waals surface area contributed by atoms with Gasteiger partial charge in [0, 0.05) is 23.4 Å². The highest BCUT2D eigenvalue weighted by atomic mass is 32.2. The number of hydrogen-bond acceptors (Lipinski definition) is 5. The highest BCUT2D eigenvalue weighted by Gasteiger charge is 2.15. The number of benzene rings is 2. The number of unbranched alkanes of at least 4 members (excludes halogenated alkanes) is 2. The summed E-state index contributed by atoms with van der Waals surface area (Å²) >= 11 is 1.17. The molecule has 0 atom stereocenters. The van der Waals surface area contributed by atoms with Crippen molar-refractivity contribution in [3.05, 3.63) is 93.7 Å². The third kappa shape index (κ3) is 5.97. The van der Waals surface area contributed by atoms with Crippen molar-refractivity contribution in [2.75, 3.05) is 0 Å². The van der Waals surface area contributed by atoms with Crippen LogP contribution in [0.2, 0.25) is 0 Å². The summed E-state index contributed by atoms with van der Waals surface area (Å²) in [5, 5.41) is 3.57. The number of rotatable bonds is 10. The van der Waals surface area contributed by atoms with Crippen molar-refractivity contribution < 1.29 is 18.0 Å². The highest BCUT2D eigenvalue weighted by Crippen LogP contribution is 2.25. The summed E-state index contributed by atoms with van der Waals surface area (Å²) in [6.07, 6.45) is 4.26. The van der Waals surface area contributed by atoms with E-state index in [4.69, 9.17) is 4.42 Å². The lowest BCUT2D eigenvalue weighted by Crippen LogP contribution is -2.25. The fraction of sp³-hybridized carbons (Fsp3) is 0.269. The number of thioether (sulfide) groups is 1. The van der Waals surface area contributed by atoms with Crippen LogP contribution in [-0.2, 0) is 18.8 Å². The van der Waals surface area contributed by atoms with Gasteiger partial charge in [0.2, 0.25) is 0 Å². The minimum Gasteiger partial charge on any atom is -0.467 e. The summed E-state index contributed by atoms with van der Waals surface area (Å²) < 4.78 is 34.6. The van der Waals surface area contributed by atoms with Crippen LogP contribution in [0.1, 0.15) is 47.9 Å². The van der Waals surface area contributed by atoms with E-state index in [1.165, 1.54) is 18.0 Å². The van der Waals surface area contributed by atoms with Crippen molar-refractivity contribution in [3.8, 4) is 0 Å². The van der Waals surface area contributed by atoms with Crippen LogP contribution in [0.3, 0.4) is 0 Å². The molecule has 1 N–H and O–H groups in total. The fourth-order valence-electron chi connectivity index (χ4n) is 3.65. The van der Waals surface area contributed by atoms with Gasteiger partial charge in [-0.1, -0.05) is 31.5 Å². The molecular formula is C26H25F2N3O3S. The first-order chi connectivity index (χ1) is 17.0. The minimum atomic E-state index is -0.529. The van der Waals surface area contributed by atoms with E-state index in [0.29, 0.717) is 33.9 Å². The Morgan fingerprint density at radius 2 is 2.00 bits per heavy atom. The number of amides is 1. The summed E-state index contributed by atoms with van der Waals surface area (Å²) in [5.41, 5.74) is 0.688. The smallest absolute Gasteiger partial charge is 0.262 e. The van der Waals surface area contributed by atoms with Crippen molar-refractivity contribution in [2.24, 2.45) is 0 Å². The quantitative estimate of drug-likeness (QED) is 0.173. The number of furan rings is 1. The maximum Gasteiger partial charge on any atom is 0.262 e. The van der Waals surface area contributed by atoms with Crippen molar-refractivity contribution in [1.82, 2.24) is 14.9 Å². The monoisotopic (exact) mass is 497 g/mol. The van der Waals surface area contributed by atoms with Crippen LogP contribution in [0, 0.1) is 11.6 Å². The van der Waals surface area contributed by atoms with Gasteiger partial charge in [0.25, 0.3) is 11.5 Å². The van der Waals surface area contributed by atoms with E-state index in [0.717, 1.165) is 37.5 Å². The Balaban J connectivity index is 1.64. The molecule has 0 saturated carbocycles. The van der Waals surface area contributed by atoms with Gasteiger partial charge >= 0.3 is 0 Å². The topological polar surface area (TPSA) is 77.1 Å². The van der Waals surface area contributed by atoms with Gasteiger partial charge in [-0.3, -0.25) is 14.2 Å². The molecule has 9 heteroatoms. The number of hydrogen-bond donors (Lipinski definition) is 1. The van der Waals surface area contributed by atoms with E-state index in [1.54, 1.807) is 34.9 Å². The molecule has 4 rings (SSSR count). The van der Waals surface area contributed by atoms with Gasteiger partial charge in [0.15, 0.2) is 5.16 Å². The van der Waals surface area contributed by atoms with E-state index in [-0.39, 0.29) is 29.3 Å². The van der Waals surface area contributed by atoms with E-state index < -0.39 is 11.6 Å². The van der Waals surface area contributed by atoms with E-state index in [2.05, 4.69) is 17.2 Å². The third-order valence-corrected chi connectivity index (χ3v) is 6.56. The number of aromatic nitrogens is 2. The van der Waals surface area contributed by atoms with Crippen LogP contribution in [0.4, 0.5) is 8.78 Å². The first-order valence-corrected chi connectivity index (χ1v) is 12.4. The van der Waals surface area contributed by atoms with Gasteiger partial charge in [-0.2, -0.15) is 0 Å². The Morgan fingerprint density at radius 1 is 1.14 bits per heavy atom. The van der Waals surface area contributed by atoms with Gasteiger partial charge in [0.1, 0.15) is 17.4 Å². The Morgan fingerprint density at radius 3 is 2.77 bits per heavy atom. The molecule has 182 valence electrons. The van der Waals surface area contributed by atoms with Crippen molar-refractivity contribution in [2.45, 2.75) is 50.2 Å². The molecule has 1 amide bonds. The van der Waals surface area contributed by atoms with Gasteiger partial charge in [-0.15, -0.1) is 0 Å². The average Bonchev–Trinajstić information content (AvgIpc) is 3.38. The van der Waals surface area contributed by atoms with Gasteiger partial charge < -0.3 is 9.73 Å². The van der Waals surface area contributed by atoms with Crippen LogP contribution in [0.15, 0.2) is 69.2 Å². The Bertz CT molecular complexity index is 1390. The normalized spacial score (nSPS) is 11.2. The fourth-order valence-corrected chi connectivity index (χ4v) is 4.65. The Hall–Kier alpha value is -3.46. The van der Waals surface area contributed by atoms with Crippen LogP contribution in [-0.4, -0.2) is 15.5 Å². The molecule has 6 nitrogen and oxygen atoms in total. The zero-order valence-corrected chi connectivity index (χ0v) is 20.0. The van der Waals surface area contributed by atoms with Crippen molar-refractivity contribution in [3.63, 3.8) is 0 Å². The Kier molecular flexibility index (Phi) is 7.97. The Labute approximate surface area is 205 Å². The van der Waals surface area contributed by atoms with Crippen molar-refractivity contribution >= 4 is 28.6 Å². The van der Waals surface area contributed by atoms with Crippen LogP contribution in [0.5, 0.6) is 0 Å². The molecule has 0 saturated heterocycles. The lowest BCUT2D eigenvalue weighted by Gasteiger charge is -2.14. The number of nitrogens with zero attached hydrogens (tertiary/aromatic N) is 2. The SMILES string of the molecule is CCCCCn1c(SCc2cc(F)ccc2F)nc2cc(C(=O)NCc3ccco3)ccc2c1=O. The summed E-state index contributed by atoms with van der Waals surface area (Å²) in [7, 11) is 0. The third-order valence-electron chi connectivity index (χ3n) is 5.54. The highest BCUT2D eigenvalue weighted by molar-refractivity contribution is 7.98. The second-order valence-electron chi connectivity index (χ2n) is 8.08. The molecule has 4 aromatic rings. The number of carbonyl (C=O) groups is 1. The predicted molar refractivity (Wildman–Crippen MR) is 131 cm³/mol. The molecule has 35 heavy (non-hydrogen) atoms. The van der Waals surface area contributed by atoms with Crippen LogP contribution >= 0.6 is 11.8 Å². The van der Waals surface area contributed by atoms with Gasteiger partial charge in [-0.25, -0.2) is 13.8 Å². The summed E-state index contributed by atoms with van der Waals surface area (Å²) in [6, 6.07) is 11.5. The maximum absolute atomic E-state index is 14.1. The molecule has 0 aliphatic rings. The molecule has 2 aromatic heterocycles. The lowest BCUT2D eigenvalue weighted by molar-refractivity contribution is 0.0948. The maximum atomic E-state index is 14.1. The summed E-state index contributed by atoms with van der Waals surface area (Å²) in [5.74, 6) is -0.642. The first kappa shape index (κ1) is 24.7. The number of halogens is 2. The zero-order valence-electron chi connectivity index (χ0n) is 19.2. The number of carbonyl (C=O) groups excluding carboxylic acids is 1. The molecule has 0 bridgehead atoms. The molecule has 2 heterocycles. The van der Waals surface area contributed by atoms with E-state index in [1.807, 2.05) is 0 Å². The molecule has 2 aromatic carbocycles. The lowest BCUT2D eigenvalue weighted by atomic mass is 10.1. The van der Waals surface area contributed by atoms with Gasteiger partial charge in [-0.05, 0) is 55.0 Å². The number of nitrogens with one attached hydrogen (secondary N) is 1. The van der Waals surface area contributed by atoms with E-state index >= 15 is 0 Å².